The van der Waals surface area contributed by atoms with Gasteiger partial charge < -0.3 is 10.4 Å². The van der Waals surface area contributed by atoms with Gasteiger partial charge in [0.15, 0.2) is 0 Å². The lowest BCUT2D eigenvalue weighted by atomic mass is 10.3. The molecule has 0 saturated carbocycles. The van der Waals surface area contributed by atoms with Crippen molar-refractivity contribution in [1.29, 1.82) is 0 Å². The van der Waals surface area contributed by atoms with E-state index in [4.69, 9.17) is 5.11 Å². The van der Waals surface area contributed by atoms with Crippen molar-refractivity contribution >= 4 is 27.4 Å². The molecule has 5 heteroatoms. The molecule has 0 aliphatic rings. The number of nitrogens with one attached hydrogen (secondary N) is 1. The predicted molar refractivity (Wildman–Crippen MR) is 57.7 cm³/mol. The lowest BCUT2D eigenvalue weighted by Crippen LogP contribution is -2.06. The molecule has 0 aliphatic heterocycles. The number of aliphatic hydroxyl groups is 1. The summed E-state index contributed by atoms with van der Waals surface area (Å²) >= 11 is 1.62. The molecule has 4 nitrogen and oxygen atoms in total. The van der Waals surface area contributed by atoms with Crippen LogP contribution in [0, 0.1) is 6.92 Å². The number of rotatable bonds is 3. The first-order valence-corrected chi connectivity index (χ1v) is 5.24. The number of hydrogen-bond donors (Lipinski definition) is 2. The summed E-state index contributed by atoms with van der Waals surface area (Å²) in [6.07, 6.45) is 1.54. The maximum atomic E-state index is 8.70. The number of thiophene rings is 1. The van der Waals surface area contributed by atoms with Crippen LogP contribution in [0.3, 0.4) is 0 Å². The Balaban J connectivity index is 2.44. The average Bonchev–Trinajstić information content (AvgIpc) is 2.58. The Morgan fingerprint density at radius 1 is 1.50 bits per heavy atom. The van der Waals surface area contributed by atoms with Gasteiger partial charge >= 0.3 is 0 Å². The molecule has 0 saturated heterocycles. The standard InChI is InChI=1S/C9H11N3OS/c1-6-4-14-8-7(6)11-5-12-9(8)10-2-3-13/h4-5,13H,2-3H2,1H3,(H,10,11,12). The molecule has 2 rings (SSSR count). The Morgan fingerprint density at radius 3 is 3.14 bits per heavy atom. The summed E-state index contributed by atoms with van der Waals surface area (Å²) in [4.78, 5) is 8.34. The Morgan fingerprint density at radius 2 is 2.36 bits per heavy atom. The molecular weight excluding hydrogens is 198 g/mol. The van der Waals surface area contributed by atoms with E-state index in [-0.39, 0.29) is 6.61 Å². The van der Waals surface area contributed by atoms with E-state index < -0.39 is 0 Å². The highest BCUT2D eigenvalue weighted by atomic mass is 32.1. The maximum Gasteiger partial charge on any atom is 0.147 e. The van der Waals surface area contributed by atoms with Crippen LogP contribution < -0.4 is 5.32 Å². The molecule has 0 radical (unpaired) electrons. The van der Waals surface area contributed by atoms with Crippen molar-refractivity contribution in [2.24, 2.45) is 0 Å². The molecule has 2 aromatic rings. The maximum absolute atomic E-state index is 8.70. The monoisotopic (exact) mass is 209 g/mol. The van der Waals surface area contributed by atoms with E-state index >= 15 is 0 Å². The minimum absolute atomic E-state index is 0.107. The molecule has 2 N–H and O–H groups in total. The zero-order valence-corrected chi connectivity index (χ0v) is 8.64. The third kappa shape index (κ3) is 1.56. The normalized spacial score (nSPS) is 10.7. The Hall–Kier alpha value is -1.20. The van der Waals surface area contributed by atoms with Crippen molar-refractivity contribution in [3.8, 4) is 0 Å². The summed E-state index contributed by atoms with van der Waals surface area (Å²) in [6.45, 7) is 2.65. The highest BCUT2D eigenvalue weighted by Gasteiger charge is 2.06. The number of fused-ring (bicyclic) bond motifs is 1. The van der Waals surface area contributed by atoms with E-state index in [9.17, 15) is 0 Å². The first-order chi connectivity index (χ1) is 6.83. The van der Waals surface area contributed by atoms with Crippen molar-refractivity contribution in [3.63, 3.8) is 0 Å². The smallest absolute Gasteiger partial charge is 0.147 e. The third-order valence-corrected chi connectivity index (χ3v) is 3.03. The predicted octanol–water partition coefficient (Wildman–Crippen LogP) is 1.40. The zero-order valence-electron chi connectivity index (χ0n) is 7.82. The van der Waals surface area contributed by atoms with Gasteiger partial charge in [-0.05, 0) is 17.9 Å². The first-order valence-electron chi connectivity index (χ1n) is 4.36. The second-order valence-electron chi connectivity index (χ2n) is 2.97. The van der Waals surface area contributed by atoms with Crippen LogP contribution in [0.15, 0.2) is 11.7 Å². The zero-order chi connectivity index (χ0) is 9.97. The second kappa shape index (κ2) is 3.89. The molecule has 0 aliphatic carbocycles. The Labute approximate surface area is 85.6 Å². The number of anilines is 1. The molecule has 0 amide bonds. The van der Waals surface area contributed by atoms with Gasteiger partial charge in [0, 0.05) is 6.54 Å². The number of aliphatic hydroxyl groups excluding tert-OH is 1. The topological polar surface area (TPSA) is 58.0 Å². The molecule has 0 spiro atoms. The van der Waals surface area contributed by atoms with E-state index in [1.165, 1.54) is 5.56 Å². The largest absolute Gasteiger partial charge is 0.395 e. The number of nitrogens with zero attached hydrogens (tertiary/aromatic N) is 2. The molecule has 0 bridgehead atoms. The van der Waals surface area contributed by atoms with Crippen molar-refractivity contribution < 1.29 is 5.11 Å². The molecule has 0 atom stereocenters. The van der Waals surface area contributed by atoms with Gasteiger partial charge in [-0.1, -0.05) is 0 Å². The highest BCUT2D eigenvalue weighted by molar-refractivity contribution is 7.17. The Bertz CT molecular complexity index is 441. The fourth-order valence-corrected chi connectivity index (χ4v) is 2.24. The van der Waals surface area contributed by atoms with Crippen LogP contribution in [0.4, 0.5) is 5.82 Å². The van der Waals surface area contributed by atoms with Gasteiger partial charge in [-0.25, -0.2) is 9.97 Å². The minimum Gasteiger partial charge on any atom is -0.395 e. The molecule has 2 heterocycles. The summed E-state index contributed by atoms with van der Waals surface area (Å²) in [5.41, 5.74) is 2.16. The molecule has 0 unspecified atom stereocenters. The molecule has 2 aromatic heterocycles. The van der Waals surface area contributed by atoms with Gasteiger partial charge in [0.25, 0.3) is 0 Å². The second-order valence-corrected chi connectivity index (χ2v) is 3.85. The van der Waals surface area contributed by atoms with E-state index in [1.807, 2.05) is 6.92 Å². The van der Waals surface area contributed by atoms with Crippen LogP contribution in [0.1, 0.15) is 5.56 Å². The average molecular weight is 209 g/mol. The summed E-state index contributed by atoms with van der Waals surface area (Å²) in [5.74, 6) is 0.808. The van der Waals surface area contributed by atoms with Crippen LogP contribution in [0.5, 0.6) is 0 Å². The van der Waals surface area contributed by atoms with Crippen molar-refractivity contribution in [2.45, 2.75) is 6.92 Å². The first kappa shape index (κ1) is 9.36. The van der Waals surface area contributed by atoms with Crippen LogP contribution in [-0.4, -0.2) is 28.2 Å². The van der Waals surface area contributed by atoms with E-state index in [0.717, 1.165) is 16.0 Å². The van der Waals surface area contributed by atoms with Crippen LogP contribution in [-0.2, 0) is 0 Å². The van der Waals surface area contributed by atoms with Crippen LogP contribution in [0.2, 0.25) is 0 Å². The van der Waals surface area contributed by atoms with E-state index in [1.54, 1.807) is 17.7 Å². The van der Waals surface area contributed by atoms with Gasteiger partial charge in [0.2, 0.25) is 0 Å². The van der Waals surface area contributed by atoms with Gasteiger partial charge in [-0.2, -0.15) is 0 Å². The lowest BCUT2D eigenvalue weighted by Gasteiger charge is -2.03. The molecule has 14 heavy (non-hydrogen) atoms. The molecule has 0 fully saturated rings. The van der Waals surface area contributed by atoms with Crippen molar-refractivity contribution in [3.05, 3.63) is 17.3 Å². The van der Waals surface area contributed by atoms with Gasteiger partial charge in [0.05, 0.1) is 16.8 Å². The summed E-state index contributed by atoms with van der Waals surface area (Å²) in [6, 6.07) is 0. The third-order valence-electron chi connectivity index (χ3n) is 1.94. The SMILES string of the molecule is Cc1csc2c(NCCO)ncnc12. The fourth-order valence-electron chi connectivity index (χ4n) is 1.27. The fraction of sp³-hybridized carbons (Fsp3) is 0.333. The van der Waals surface area contributed by atoms with E-state index in [0.29, 0.717) is 6.54 Å². The van der Waals surface area contributed by atoms with Gasteiger partial charge in [0.1, 0.15) is 12.1 Å². The summed E-state index contributed by atoms with van der Waals surface area (Å²) in [5, 5.41) is 13.8. The number of aryl methyl sites for hydroxylation is 1. The molecular formula is C9H11N3OS. The van der Waals surface area contributed by atoms with E-state index in [2.05, 4.69) is 20.7 Å². The van der Waals surface area contributed by atoms with Crippen molar-refractivity contribution in [2.75, 3.05) is 18.5 Å². The van der Waals surface area contributed by atoms with Gasteiger partial charge in [-0.3, -0.25) is 0 Å². The lowest BCUT2D eigenvalue weighted by molar-refractivity contribution is 0.311. The van der Waals surface area contributed by atoms with Crippen LogP contribution in [0.25, 0.3) is 10.2 Å². The quantitative estimate of drug-likeness (QED) is 0.802. The summed E-state index contributed by atoms with van der Waals surface area (Å²) < 4.78 is 1.05. The number of aromatic nitrogens is 2. The van der Waals surface area contributed by atoms with Gasteiger partial charge in [-0.15, -0.1) is 11.3 Å². The highest BCUT2D eigenvalue weighted by Crippen LogP contribution is 2.27. The molecule has 74 valence electrons. The summed E-state index contributed by atoms with van der Waals surface area (Å²) in [7, 11) is 0. The molecule has 0 aromatic carbocycles. The van der Waals surface area contributed by atoms with Crippen molar-refractivity contribution in [1.82, 2.24) is 9.97 Å². The van der Waals surface area contributed by atoms with Crippen LogP contribution >= 0.6 is 11.3 Å². The number of hydrogen-bond acceptors (Lipinski definition) is 5. The minimum atomic E-state index is 0.107. The Kier molecular flexibility index (Phi) is 2.60.